The summed E-state index contributed by atoms with van der Waals surface area (Å²) in [7, 11) is 0. The molecule has 2 unspecified atom stereocenters. The molecule has 0 aliphatic carbocycles. The normalized spacial score (nSPS) is 21.4. The fourth-order valence-corrected chi connectivity index (χ4v) is 2.42. The van der Waals surface area contributed by atoms with E-state index in [-0.39, 0.29) is 53.7 Å². The minimum absolute atomic E-state index is 0. The quantitative estimate of drug-likeness (QED) is 0.502. The molecule has 0 amide bonds. The Labute approximate surface area is 172 Å². The first kappa shape index (κ1) is 24.2. The van der Waals surface area contributed by atoms with Crippen LogP contribution in [0.3, 0.4) is 0 Å². The number of halogens is 2. The molecule has 0 bridgehead atoms. The molecule has 1 radical (unpaired) electrons. The van der Waals surface area contributed by atoms with Gasteiger partial charge in [0.2, 0.25) is 11.8 Å². The Morgan fingerprint density at radius 1 is 0.840 bits per heavy atom. The first-order valence-electron chi connectivity index (χ1n) is 7.93. The number of nitrogens with zero attached hydrogens (tertiary/aromatic N) is 3. The van der Waals surface area contributed by atoms with Gasteiger partial charge in [-0.2, -0.15) is 0 Å². The van der Waals surface area contributed by atoms with E-state index in [4.69, 9.17) is 9.47 Å². The minimum atomic E-state index is 0. The van der Waals surface area contributed by atoms with Gasteiger partial charge in [-0.1, -0.05) is 33.8 Å². The molecule has 1 aromatic rings. The number of pyridine rings is 1. The molecule has 3 heterocycles. The zero-order valence-corrected chi connectivity index (χ0v) is 17.3. The van der Waals surface area contributed by atoms with Gasteiger partial charge in [-0.25, -0.2) is 15.0 Å². The maximum atomic E-state index is 5.70. The van der Waals surface area contributed by atoms with Gasteiger partial charge in [0.25, 0.3) is 0 Å². The maximum absolute atomic E-state index is 5.70. The second-order valence-corrected chi connectivity index (χ2v) is 6.52. The molecule has 0 saturated heterocycles. The molecule has 0 aromatic carbocycles. The summed E-state index contributed by atoms with van der Waals surface area (Å²) in [5.41, 5.74) is 1.50. The first-order valence-corrected chi connectivity index (χ1v) is 7.93. The molecule has 2 aliphatic rings. The fourth-order valence-electron chi connectivity index (χ4n) is 2.42. The van der Waals surface area contributed by atoms with Gasteiger partial charge >= 0.3 is 16.8 Å². The van der Waals surface area contributed by atoms with Crippen molar-refractivity contribution < 1.29 is 51.1 Å². The third-order valence-electron chi connectivity index (χ3n) is 4.07. The molecule has 141 valence electrons. The number of ether oxygens (including phenoxy) is 2. The Hall–Kier alpha value is -0.824. The summed E-state index contributed by atoms with van der Waals surface area (Å²) in [6.07, 6.45) is 0. The molecular formula is C17H23Cl2CoN3O2. The summed E-state index contributed by atoms with van der Waals surface area (Å²) in [5.74, 6) is 2.18. The second-order valence-electron chi connectivity index (χ2n) is 6.52. The number of hydrogen-bond acceptors (Lipinski definition) is 5. The van der Waals surface area contributed by atoms with Crippen molar-refractivity contribution in [2.75, 3.05) is 13.2 Å². The van der Waals surface area contributed by atoms with E-state index in [2.05, 4.69) is 42.7 Å². The zero-order chi connectivity index (χ0) is 15.7. The molecule has 25 heavy (non-hydrogen) atoms. The van der Waals surface area contributed by atoms with E-state index in [9.17, 15) is 0 Å². The van der Waals surface area contributed by atoms with E-state index in [1.54, 1.807) is 0 Å². The van der Waals surface area contributed by atoms with Gasteiger partial charge in [0.15, 0.2) is 0 Å². The third kappa shape index (κ3) is 5.58. The van der Waals surface area contributed by atoms with Crippen molar-refractivity contribution in [3.05, 3.63) is 29.6 Å². The average Bonchev–Trinajstić information content (AvgIpc) is 3.17. The van der Waals surface area contributed by atoms with Gasteiger partial charge in [-0.05, 0) is 24.0 Å². The van der Waals surface area contributed by atoms with Crippen molar-refractivity contribution in [1.82, 2.24) is 4.98 Å². The standard InChI is InChI=1S/C17H23N3O2.2ClH.Co/c1-10(2)14-8-21-16(19-14)12-6-5-7-13(18-12)17-20-15(9-22-17)11(3)4;;;/h5-7,10-11,14-15H,8-9H2,1-4H3;2*1H;/q;;;+2/p-2. The van der Waals surface area contributed by atoms with Crippen molar-refractivity contribution in [2.45, 2.75) is 39.8 Å². The van der Waals surface area contributed by atoms with E-state index in [1.165, 1.54) is 0 Å². The smallest absolute Gasteiger partial charge is 1.00 e. The van der Waals surface area contributed by atoms with Crippen LogP contribution in [0.2, 0.25) is 0 Å². The third-order valence-corrected chi connectivity index (χ3v) is 4.07. The van der Waals surface area contributed by atoms with E-state index in [0.717, 1.165) is 11.4 Å². The van der Waals surface area contributed by atoms with Gasteiger partial charge in [0.1, 0.15) is 24.6 Å². The van der Waals surface area contributed by atoms with Crippen LogP contribution in [0.5, 0.6) is 0 Å². The van der Waals surface area contributed by atoms with Crippen LogP contribution in [0, 0.1) is 11.8 Å². The van der Waals surface area contributed by atoms with E-state index in [1.807, 2.05) is 18.2 Å². The summed E-state index contributed by atoms with van der Waals surface area (Å²) in [4.78, 5) is 13.9. The van der Waals surface area contributed by atoms with E-state index >= 15 is 0 Å². The number of hydrogen-bond donors (Lipinski definition) is 0. The van der Waals surface area contributed by atoms with Crippen LogP contribution in [0.15, 0.2) is 28.2 Å². The van der Waals surface area contributed by atoms with Crippen molar-refractivity contribution in [2.24, 2.45) is 21.8 Å². The number of aliphatic imine (C=N–C) groups is 2. The molecule has 1 aromatic heterocycles. The van der Waals surface area contributed by atoms with Gasteiger partial charge in [-0.15, -0.1) is 0 Å². The summed E-state index contributed by atoms with van der Waals surface area (Å²) in [6, 6.07) is 6.21. The van der Waals surface area contributed by atoms with Crippen LogP contribution in [0.1, 0.15) is 39.1 Å². The van der Waals surface area contributed by atoms with Crippen LogP contribution in [0.25, 0.3) is 0 Å². The Kier molecular flexibility index (Phi) is 10.0. The average molecular weight is 431 g/mol. The topological polar surface area (TPSA) is 56.1 Å². The summed E-state index contributed by atoms with van der Waals surface area (Å²) >= 11 is 0. The molecule has 2 atom stereocenters. The molecule has 0 saturated carbocycles. The van der Waals surface area contributed by atoms with Gasteiger partial charge in [0.05, 0.1) is 12.1 Å². The van der Waals surface area contributed by atoms with Crippen molar-refractivity contribution >= 4 is 11.8 Å². The first-order chi connectivity index (χ1) is 10.5. The Morgan fingerprint density at radius 3 is 1.56 bits per heavy atom. The van der Waals surface area contributed by atoms with Gasteiger partial charge in [0, 0.05) is 0 Å². The number of aromatic nitrogens is 1. The predicted molar refractivity (Wildman–Crippen MR) is 86.5 cm³/mol. The molecule has 3 rings (SSSR count). The molecule has 0 N–H and O–H groups in total. The SMILES string of the molecule is CC(C)C1COC(c2cccc(C3=NC(C(C)C)CO3)n2)=N1.[Cl-].[Cl-].[Co+2]. The Morgan fingerprint density at radius 2 is 1.24 bits per heavy atom. The maximum Gasteiger partial charge on any atom is 2.00 e. The van der Waals surface area contributed by atoms with Crippen molar-refractivity contribution in [3.63, 3.8) is 0 Å². The van der Waals surface area contributed by atoms with Crippen LogP contribution < -0.4 is 24.8 Å². The summed E-state index contributed by atoms with van der Waals surface area (Å²) < 4.78 is 11.4. The summed E-state index contributed by atoms with van der Waals surface area (Å²) in [6.45, 7) is 9.86. The van der Waals surface area contributed by atoms with Crippen molar-refractivity contribution in [1.29, 1.82) is 0 Å². The molecule has 0 spiro atoms. The fraction of sp³-hybridized carbons (Fsp3) is 0.588. The molecule has 5 nitrogen and oxygen atoms in total. The number of rotatable bonds is 4. The predicted octanol–water partition coefficient (Wildman–Crippen LogP) is -3.31. The van der Waals surface area contributed by atoms with Gasteiger partial charge in [-0.3, -0.25) is 0 Å². The van der Waals surface area contributed by atoms with Crippen LogP contribution in [-0.2, 0) is 26.3 Å². The van der Waals surface area contributed by atoms with E-state index < -0.39 is 0 Å². The van der Waals surface area contributed by atoms with Crippen LogP contribution in [0.4, 0.5) is 0 Å². The largest absolute Gasteiger partial charge is 2.00 e. The summed E-state index contributed by atoms with van der Waals surface area (Å²) in [5, 5.41) is 0. The second kappa shape index (κ2) is 10.4. The van der Waals surface area contributed by atoms with Crippen LogP contribution in [-0.4, -0.2) is 42.1 Å². The molecule has 2 aliphatic heterocycles. The van der Waals surface area contributed by atoms with Crippen LogP contribution >= 0.6 is 0 Å². The molecule has 0 fully saturated rings. The molecular weight excluding hydrogens is 408 g/mol. The minimum Gasteiger partial charge on any atom is -1.00 e. The van der Waals surface area contributed by atoms with E-state index in [0.29, 0.717) is 36.8 Å². The van der Waals surface area contributed by atoms with Crippen molar-refractivity contribution in [3.8, 4) is 0 Å². The Balaban J connectivity index is 0.00000192. The molecule has 8 heteroatoms. The Bertz CT molecular complexity index is 574. The monoisotopic (exact) mass is 430 g/mol. The van der Waals surface area contributed by atoms with Gasteiger partial charge < -0.3 is 34.3 Å². The zero-order valence-electron chi connectivity index (χ0n) is 14.7.